The minimum Gasteiger partial charge on any atom is -0.433 e. The number of aryl methyl sites for hydroxylation is 1. The maximum absolute atomic E-state index is 14.8. The minimum atomic E-state index is -0.533. The van der Waals surface area contributed by atoms with Crippen molar-refractivity contribution in [2.45, 2.75) is 19.8 Å². The van der Waals surface area contributed by atoms with Crippen LogP contribution in [0, 0.1) is 5.82 Å². The van der Waals surface area contributed by atoms with Gasteiger partial charge in [-0.2, -0.15) is 5.10 Å². The summed E-state index contributed by atoms with van der Waals surface area (Å²) in [5.74, 6) is 0.474. The number of benzene rings is 1. The SMILES string of the molecule is CCc1cnc(N2CC=C(c3cnc4c(Oc5ccc(N6C=NNN6)cc5F)nccn34)CC2)nc1. The van der Waals surface area contributed by atoms with E-state index in [4.69, 9.17) is 4.74 Å². The van der Waals surface area contributed by atoms with Crippen molar-refractivity contribution < 1.29 is 9.13 Å². The zero-order chi connectivity index (χ0) is 24.5. The molecule has 0 saturated heterocycles. The maximum atomic E-state index is 14.8. The van der Waals surface area contributed by atoms with Crippen molar-refractivity contribution in [2.24, 2.45) is 5.10 Å². The second kappa shape index (κ2) is 9.23. The Morgan fingerprint density at radius 3 is 2.72 bits per heavy atom. The molecule has 0 amide bonds. The third kappa shape index (κ3) is 4.07. The second-order valence-electron chi connectivity index (χ2n) is 8.29. The summed E-state index contributed by atoms with van der Waals surface area (Å²) in [6, 6.07) is 4.59. The van der Waals surface area contributed by atoms with E-state index < -0.39 is 5.82 Å². The summed E-state index contributed by atoms with van der Waals surface area (Å²) in [7, 11) is 0. The lowest BCUT2D eigenvalue weighted by molar-refractivity contribution is 0.429. The van der Waals surface area contributed by atoms with Crippen molar-refractivity contribution in [3.8, 4) is 11.6 Å². The molecule has 2 N–H and O–H groups in total. The van der Waals surface area contributed by atoms with E-state index in [0.717, 1.165) is 42.2 Å². The lowest BCUT2D eigenvalue weighted by atomic mass is 10.1. The first-order valence-corrected chi connectivity index (χ1v) is 11.6. The van der Waals surface area contributed by atoms with Crippen molar-refractivity contribution >= 4 is 29.2 Å². The largest absolute Gasteiger partial charge is 0.433 e. The number of aromatic nitrogens is 5. The smallest absolute Gasteiger partial charge is 0.263 e. The van der Waals surface area contributed by atoms with E-state index in [1.54, 1.807) is 24.5 Å². The van der Waals surface area contributed by atoms with Gasteiger partial charge in [-0.25, -0.2) is 34.9 Å². The molecule has 2 aliphatic heterocycles. The predicted octanol–water partition coefficient (Wildman–Crippen LogP) is 3.08. The molecule has 36 heavy (non-hydrogen) atoms. The van der Waals surface area contributed by atoms with Gasteiger partial charge >= 0.3 is 0 Å². The van der Waals surface area contributed by atoms with Crippen molar-refractivity contribution in [1.29, 1.82) is 0 Å². The Labute approximate surface area is 205 Å². The highest BCUT2D eigenvalue weighted by atomic mass is 19.1. The number of hydrazine groups is 2. The summed E-state index contributed by atoms with van der Waals surface area (Å²) in [6.45, 7) is 3.58. The molecular weight excluding hydrogens is 463 g/mol. The van der Waals surface area contributed by atoms with E-state index in [1.165, 1.54) is 17.4 Å². The molecule has 6 rings (SSSR count). The summed E-state index contributed by atoms with van der Waals surface area (Å²) in [5.41, 5.74) is 9.62. The highest BCUT2D eigenvalue weighted by Crippen LogP contribution is 2.31. The molecule has 5 heterocycles. The molecule has 2 aliphatic rings. The van der Waals surface area contributed by atoms with Gasteiger partial charge in [0.15, 0.2) is 11.6 Å². The normalized spacial score (nSPS) is 15.3. The maximum Gasteiger partial charge on any atom is 0.263 e. The zero-order valence-corrected chi connectivity index (χ0v) is 19.5. The molecule has 3 aromatic heterocycles. The average molecular weight is 487 g/mol. The molecule has 0 aliphatic carbocycles. The molecule has 11 nitrogen and oxygen atoms in total. The van der Waals surface area contributed by atoms with Gasteiger partial charge in [0.2, 0.25) is 11.6 Å². The first-order chi connectivity index (χ1) is 17.7. The molecule has 4 aromatic rings. The van der Waals surface area contributed by atoms with Crippen LogP contribution in [0.15, 0.2) is 60.4 Å². The average Bonchev–Trinajstić information content (AvgIpc) is 3.61. The third-order valence-corrected chi connectivity index (χ3v) is 6.13. The Bertz CT molecular complexity index is 1470. The van der Waals surface area contributed by atoms with Gasteiger partial charge in [0, 0.05) is 43.9 Å². The molecule has 0 atom stereocenters. The van der Waals surface area contributed by atoms with Crippen LogP contribution in [0.25, 0.3) is 11.2 Å². The number of anilines is 2. The molecular formula is C24H23FN10O. The number of rotatable bonds is 6. The summed E-state index contributed by atoms with van der Waals surface area (Å²) in [6.07, 6.45) is 14.4. The number of ether oxygens (including phenoxy) is 1. The number of hydrogen-bond donors (Lipinski definition) is 2. The lowest BCUT2D eigenvalue weighted by Gasteiger charge is -2.26. The fourth-order valence-corrected chi connectivity index (χ4v) is 4.14. The Morgan fingerprint density at radius 2 is 2.00 bits per heavy atom. The molecule has 0 saturated carbocycles. The van der Waals surface area contributed by atoms with Crippen molar-refractivity contribution in [3.63, 3.8) is 0 Å². The Hall–Kier alpha value is -4.58. The molecule has 1 aromatic carbocycles. The van der Waals surface area contributed by atoms with Gasteiger partial charge in [0.25, 0.3) is 5.88 Å². The van der Waals surface area contributed by atoms with Gasteiger partial charge in [-0.1, -0.05) is 13.0 Å². The highest BCUT2D eigenvalue weighted by molar-refractivity contribution is 5.79. The van der Waals surface area contributed by atoms with Gasteiger partial charge in [0.1, 0.15) is 6.34 Å². The van der Waals surface area contributed by atoms with Crippen molar-refractivity contribution in [1.82, 2.24) is 35.4 Å². The van der Waals surface area contributed by atoms with Gasteiger partial charge in [-0.05, 0) is 36.1 Å². The monoisotopic (exact) mass is 486 g/mol. The molecule has 0 fully saturated rings. The molecule has 0 spiro atoms. The lowest BCUT2D eigenvalue weighted by Crippen LogP contribution is -2.37. The number of hydrogen-bond acceptors (Lipinski definition) is 10. The van der Waals surface area contributed by atoms with Crippen LogP contribution < -0.4 is 25.7 Å². The standard InChI is InChI=1S/C24H23FN10O/c1-2-16-12-28-24(29-13-16)33-8-5-17(6-9-33)20-14-27-22-23(26-7-10-34(20)22)36-21-4-3-18(11-19(21)25)35-15-30-31-32-35/h3-5,7,10-15,31-32H,2,6,8-9H2,1H3. The minimum absolute atomic E-state index is 0.0506. The molecule has 12 heteroatoms. The number of hydrazone groups is 1. The van der Waals surface area contributed by atoms with Crippen LogP contribution in [0.2, 0.25) is 0 Å². The molecule has 0 unspecified atom stereocenters. The van der Waals surface area contributed by atoms with Crippen LogP contribution in [-0.2, 0) is 6.42 Å². The Morgan fingerprint density at radius 1 is 1.11 bits per heavy atom. The molecule has 182 valence electrons. The van der Waals surface area contributed by atoms with Gasteiger partial charge in [0.05, 0.1) is 17.6 Å². The number of imidazole rings is 1. The predicted molar refractivity (Wildman–Crippen MR) is 133 cm³/mol. The summed E-state index contributed by atoms with van der Waals surface area (Å²) in [4.78, 5) is 20.0. The topological polar surface area (TPSA) is 108 Å². The van der Waals surface area contributed by atoms with E-state index in [-0.39, 0.29) is 11.6 Å². The van der Waals surface area contributed by atoms with Crippen molar-refractivity contribution in [2.75, 3.05) is 23.0 Å². The number of nitrogens with zero attached hydrogens (tertiary/aromatic N) is 8. The van der Waals surface area contributed by atoms with Crippen LogP contribution in [0.4, 0.5) is 16.0 Å². The summed E-state index contributed by atoms with van der Waals surface area (Å²) < 4.78 is 22.5. The highest BCUT2D eigenvalue weighted by Gasteiger charge is 2.20. The fourth-order valence-electron chi connectivity index (χ4n) is 4.14. The number of nitrogens with one attached hydrogen (secondary N) is 2. The van der Waals surface area contributed by atoms with E-state index in [9.17, 15) is 4.39 Å². The Kier molecular flexibility index (Phi) is 5.62. The van der Waals surface area contributed by atoms with Crippen LogP contribution in [0.3, 0.4) is 0 Å². The van der Waals surface area contributed by atoms with Crippen LogP contribution in [0.1, 0.15) is 24.6 Å². The van der Waals surface area contributed by atoms with E-state index >= 15 is 0 Å². The first-order valence-electron chi connectivity index (χ1n) is 11.6. The van der Waals surface area contributed by atoms with E-state index in [2.05, 4.69) is 54.0 Å². The first kappa shape index (κ1) is 21.9. The van der Waals surface area contributed by atoms with Gasteiger partial charge < -0.3 is 9.64 Å². The van der Waals surface area contributed by atoms with Gasteiger partial charge in [-0.3, -0.25) is 4.40 Å². The molecule has 0 radical (unpaired) electrons. The summed E-state index contributed by atoms with van der Waals surface area (Å²) in [5, 5.41) is 5.35. The van der Waals surface area contributed by atoms with E-state index in [0.29, 0.717) is 17.9 Å². The fraction of sp³-hybridized carbons (Fsp3) is 0.208. The van der Waals surface area contributed by atoms with Crippen LogP contribution in [-0.4, -0.2) is 43.8 Å². The quantitative estimate of drug-likeness (QED) is 0.425. The van der Waals surface area contributed by atoms with Gasteiger partial charge in [-0.15, -0.1) is 5.53 Å². The second-order valence-corrected chi connectivity index (χ2v) is 8.29. The third-order valence-electron chi connectivity index (χ3n) is 6.13. The van der Waals surface area contributed by atoms with Crippen molar-refractivity contribution in [3.05, 3.63) is 72.3 Å². The van der Waals surface area contributed by atoms with E-state index in [1.807, 2.05) is 23.0 Å². The summed E-state index contributed by atoms with van der Waals surface area (Å²) >= 11 is 0. The zero-order valence-electron chi connectivity index (χ0n) is 19.5. The van der Waals surface area contributed by atoms with Crippen LogP contribution >= 0.6 is 0 Å². The Balaban J connectivity index is 1.22. The van der Waals surface area contributed by atoms with Crippen LogP contribution in [0.5, 0.6) is 11.6 Å². The molecule has 0 bridgehead atoms. The number of halogens is 1. The number of fused-ring (bicyclic) bond motifs is 1.